The second-order valence-electron chi connectivity index (χ2n) is 6.89. The Morgan fingerprint density at radius 1 is 1.25 bits per heavy atom. The Kier molecular flexibility index (Phi) is 4.92. The van der Waals surface area contributed by atoms with Crippen LogP contribution in [0.25, 0.3) is 11.3 Å². The van der Waals surface area contributed by atoms with Crippen LogP contribution in [0.5, 0.6) is 0 Å². The van der Waals surface area contributed by atoms with E-state index in [9.17, 15) is 9.59 Å². The van der Waals surface area contributed by atoms with E-state index in [0.717, 1.165) is 28.1 Å². The highest BCUT2D eigenvalue weighted by Crippen LogP contribution is 2.30. The first-order chi connectivity index (χ1) is 13.5. The number of hydrogen-bond acceptors (Lipinski definition) is 5. The Balaban J connectivity index is 1.46. The third-order valence-electron chi connectivity index (χ3n) is 5.05. The van der Waals surface area contributed by atoms with Gasteiger partial charge in [-0.3, -0.25) is 14.6 Å². The maximum Gasteiger partial charge on any atom is 0.231 e. The Morgan fingerprint density at radius 3 is 2.89 bits per heavy atom. The van der Waals surface area contributed by atoms with Crippen molar-refractivity contribution in [3.8, 4) is 11.3 Å². The van der Waals surface area contributed by atoms with Gasteiger partial charge < -0.3 is 10.2 Å². The highest BCUT2D eigenvalue weighted by Gasteiger charge is 2.36. The number of aryl methyl sites for hydroxylation is 1. The fourth-order valence-corrected chi connectivity index (χ4v) is 4.05. The average Bonchev–Trinajstić information content (AvgIpc) is 3.32. The van der Waals surface area contributed by atoms with Crippen LogP contribution in [0.3, 0.4) is 0 Å². The third-order valence-corrected chi connectivity index (χ3v) is 5.81. The zero-order valence-electron chi connectivity index (χ0n) is 15.7. The molecule has 1 aromatic carbocycles. The number of nitrogens with zero attached hydrogens (tertiary/aromatic N) is 3. The van der Waals surface area contributed by atoms with Crippen LogP contribution in [0.1, 0.15) is 17.5 Å². The molecule has 7 heteroatoms. The Bertz CT molecular complexity index is 1030. The molecule has 0 bridgehead atoms. The topological polar surface area (TPSA) is 75.2 Å². The first-order valence-electron chi connectivity index (χ1n) is 9.06. The van der Waals surface area contributed by atoms with E-state index in [1.165, 1.54) is 11.3 Å². The average molecular weight is 392 g/mol. The lowest BCUT2D eigenvalue weighted by Gasteiger charge is -2.20. The van der Waals surface area contributed by atoms with E-state index in [0.29, 0.717) is 11.7 Å². The number of carbonyl (C=O) groups is 2. The summed E-state index contributed by atoms with van der Waals surface area (Å²) in [5.74, 6) is -0.588. The van der Waals surface area contributed by atoms with Gasteiger partial charge in [0.05, 0.1) is 11.6 Å². The van der Waals surface area contributed by atoms with Crippen molar-refractivity contribution in [2.45, 2.75) is 20.3 Å². The molecule has 1 fully saturated rings. The molecule has 3 aromatic rings. The molecule has 0 saturated carbocycles. The van der Waals surface area contributed by atoms with Gasteiger partial charge in [-0.25, -0.2) is 4.98 Å². The molecule has 1 aliphatic rings. The molecule has 3 heterocycles. The molecule has 0 spiro atoms. The minimum atomic E-state index is -0.391. The van der Waals surface area contributed by atoms with Crippen molar-refractivity contribution >= 4 is 34.0 Å². The summed E-state index contributed by atoms with van der Waals surface area (Å²) < 4.78 is 0. The molecule has 2 aromatic heterocycles. The van der Waals surface area contributed by atoms with E-state index in [2.05, 4.69) is 15.3 Å². The van der Waals surface area contributed by atoms with Crippen LogP contribution in [0, 0.1) is 19.8 Å². The van der Waals surface area contributed by atoms with E-state index < -0.39 is 5.92 Å². The van der Waals surface area contributed by atoms with Crippen LogP contribution in [0.4, 0.5) is 10.8 Å². The zero-order valence-corrected chi connectivity index (χ0v) is 16.5. The summed E-state index contributed by atoms with van der Waals surface area (Å²) in [5, 5.41) is 5.27. The molecule has 4 rings (SSSR count). The molecule has 1 saturated heterocycles. The number of thiazole rings is 1. The highest BCUT2D eigenvalue weighted by atomic mass is 32.1. The molecule has 1 unspecified atom stereocenters. The fourth-order valence-electron chi connectivity index (χ4n) is 3.33. The summed E-state index contributed by atoms with van der Waals surface area (Å²) in [6.07, 6.45) is 3.65. The molecular weight excluding hydrogens is 372 g/mol. The summed E-state index contributed by atoms with van der Waals surface area (Å²) in [4.78, 5) is 35.5. The lowest BCUT2D eigenvalue weighted by molar-refractivity contribution is -0.122. The molecule has 1 N–H and O–H groups in total. The van der Waals surface area contributed by atoms with Crippen molar-refractivity contribution in [3.63, 3.8) is 0 Å². The number of pyridine rings is 1. The third kappa shape index (κ3) is 3.53. The smallest absolute Gasteiger partial charge is 0.231 e. The molecule has 6 nitrogen and oxygen atoms in total. The van der Waals surface area contributed by atoms with Crippen LogP contribution in [0.2, 0.25) is 0 Å². The number of benzene rings is 1. The number of anilines is 2. The van der Waals surface area contributed by atoms with Gasteiger partial charge in [0, 0.05) is 42.0 Å². The van der Waals surface area contributed by atoms with Gasteiger partial charge in [0.15, 0.2) is 5.13 Å². The number of amides is 2. The van der Waals surface area contributed by atoms with E-state index in [-0.39, 0.29) is 18.2 Å². The molecular formula is C21H20N4O2S. The standard InChI is InChI=1S/C21H20N4O2S/c1-13-5-3-7-18(14(13)2)25-11-16(9-19(25)26)20(27)24-21-23-17(12-28-21)15-6-4-8-22-10-15/h3-8,10,12,16H,9,11H2,1-2H3,(H,23,24,27). The predicted molar refractivity (Wildman–Crippen MR) is 110 cm³/mol. The van der Waals surface area contributed by atoms with Gasteiger partial charge in [-0.2, -0.15) is 0 Å². The molecule has 1 aliphatic heterocycles. The lowest BCUT2D eigenvalue weighted by Crippen LogP contribution is -2.28. The van der Waals surface area contributed by atoms with Crippen LogP contribution in [0.15, 0.2) is 48.1 Å². The normalized spacial score (nSPS) is 16.4. The maximum atomic E-state index is 12.7. The Hall–Kier alpha value is -3.06. The monoisotopic (exact) mass is 392 g/mol. The van der Waals surface area contributed by atoms with Gasteiger partial charge in [-0.15, -0.1) is 11.3 Å². The summed E-state index contributed by atoms with van der Waals surface area (Å²) in [5.41, 5.74) is 4.75. The lowest BCUT2D eigenvalue weighted by atomic mass is 10.1. The van der Waals surface area contributed by atoms with Crippen molar-refractivity contribution in [2.24, 2.45) is 5.92 Å². The van der Waals surface area contributed by atoms with Crippen LogP contribution >= 0.6 is 11.3 Å². The van der Waals surface area contributed by atoms with Gasteiger partial charge in [-0.05, 0) is 43.2 Å². The second kappa shape index (κ2) is 7.52. The van der Waals surface area contributed by atoms with Gasteiger partial charge in [-0.1, -0.05) is 12.1 Å². The summed E-state index contributed by atoms with van der Waals surface area (Å²) >= 11 is 1.36. The maximum absolute atomic E-state index is 12.7. The molecule has 142 valence electrons. The largest absolute Gasteiger partial charge is 0.311 e. The van der Waals surface area contributed by atoms with Crippen LogP contribution < -0.4 is 10.2 Å². The van der Waals surface area contributed by atoms with Gasteiger partial charge in [0.1, 0.15) is 0 Å². The zero-order chi connectivity index (χ0) is 19.7. The van der Waals surface area contributed by atoms with E-state index in [4.69, 9.17) is 0 Å². The Morgan fingerprint density at radius 2 is 2.11 bits per heavy atom. The first-order valence-corrected chi connectivity index (χ1v) is 9.94. The second-order valence-corrected chi connectivity index (χ2v) is 7.75. The van der Waals surface area contributed by atoms with Crippen molar-refractivity contribution < 1.29 is 9.59 Å². The minimum absolute atomic E-state index is 0.0240. The van der Waals surface area contributed by atoms with Crippen LogP contribution in [-0.2, 0) is 9.59 Å². The molecule has 1 atom stereocenters. The number of nitrogens with one attached hydrogen (secondary N) is 1. The summed E-state index contributed by atoms with van der Waals surface area (Å²) in [6, 6.07) is 9.66. The number of aromatic nitrogens is 2. The van der Waals surface area contributed by atoms with E-state index in [1.54, 1.807) is 17.3 Å². The van der Waals surface area contributed by atoms with Gasteiger partial charge >= 0.3 is 0 Å². The van der Waals surface area contributed by atoms with E-state index >= 15 is 0 Å². The SMILES string of the molecule is Cc1cccc(N2CC(C(=O)Nc3nc(-c4cccnc4)cs3)CC2=O)c1C. The molecule has 0 aliphatic carbocycles. The van der Waals surface area contributed by atoms with Gasteiger partial charge in [0.2, 0.25) is 11.8 Å². The summed E-state index contributed by atoms with van der Waals surface area (Å²) in [6.45, 7) is 4.41. The highest BCUT2D eigenvalue weighted by molar-refractivity contribution is 7.14. The van der Waals surface area contributed by atoms with Crippen molar-refractivity contribution in [1.82, 2.24) is 9.97 Å². The van der Waals surface area contributed by atoms with Gasteiger partial charge in [0.25, 0.3) is 0 Å². The number of hydrogen-bond donors (Lipinski definition) is 1. The predicted octanol–water partition coefficient (Wildman–Crippen LogP) is 3.81. The van der Waals surface area contributed by atoms with Crippen molar-refractivity contribution in [2.75, 3.05) is 16.8 Å². The molecule has 0 radical (unpaired) electrons. The van der Waals surface area contributed by atoms with E-state index in [1.807, 2.05) is 49.6 Å². The van der Waals surface area contributed by atoms with Crippen molar-refractivity contribution in [1.29, 1.82) is 0 Å². The number of carbonyl (C=O) groups excluding carboxylic acids is 2. The van der Waals surface area contributed by atoms with Crippen molar-refractivity contribution in [3.05, 3.63) is 59.2 Å². The first kappa shape index (κ1) is 18.3. The molecule has 28 heavy (non-hydrogen) atoms. The van der Waals surface area contributed by atoms with Crippen LogP contribution in [-0.4, -0.2) is 28.3 Å². The quantitative estimate of drug-likeness (QED) is 0.733. The minimum Gasteiger partial charge on any atom is -0.311 e. The fraction of sp³-hybridized carbons (Fsp3) is 0.238. The molecule has 2 amide bonds. The Labute approximate surface area is 167 Å². The summed E-state index contributed by atoms with van der Waals surface area (Å²) in [7, 11) is 0. The number of rotatable bonds is 4.